The predicted molar refractivity (Wildman–Crippen MR) is 148 cm³/mol. The van der Waals surface area contributed by atoms with Crippen molar-refractivity contribution in [2.75, 3.05) is 19.8 Å². The van der Waals surface area contributed by atoms with E-state index in [9.17, 15) is 9.59 Å². The van der Waals surface area contributed by atoms with E-state index in [1.807, 2.05) is 38.1 Å². The minimum absolute atomic E-state index is 0.164. The predicted octanol–water partition coefficient (Wildman–Crippen LogP) is 7.39. The summed E-state index contributed by atoms with van der Waals surface area (Å²) in [6, 6.07) is 18.2. The van der Waals surface area contributed by atoms with Gasteiger partial charge >= 0.3 is 0 Å². The Bertz CT molecular complexity index is 1320. The van der Waals surface area contributed by atoms with Crippen LogP contribution in [-0.4, -0.2) is 35.8 Å². The Morgan fingerprint density at radius 2 is 1.68 bits per heavy atom. The summed E-state index contributed by atoms with van der Waals surface area (Å²) in [6.45, 7) is 4.80. The number of ether oxygens (including phenoxy) is 3. The fourth-order valence-electron chi connectivity index (χ4n) is 3.63. The Labute approximate surface area is 230 Å². The Kier molecular flexibility index (Phi) is 9.03. The molecule has 1 heterocycles. The van der Waals surface area contributed by atoms with Gasteiger partial charge in [-0.2, -0.15) is 0 Å². The lowest BCUT2D eigenvalue weighted by Gasteiger charge is -2.14. The molecule has 0 aliphatic carbocycles. The molecule has 1 fully saturated rings. The Morgan fingerprint density at radius 3 is 2.41 bits per heavy atom. The zero-order valence-electron chi connectivity index (χ0n) is 20.3. The van der Waals surface area contributed by atoms with E-state index in [2.05, 4.69) is 0 Å². The van der Waals surface area contributed by atoms with E-state index in [0.29, 0.717) is 49.9 Å². The van der Waals surface area contributed by atoms with Crippen molar-refractivity contribution in [3.8, 4) is 17.2 Å². The normalized spacial score (nSPS) is 14.4. The molecule has 0 atom stereocenters. The van der Waals surface area contributed by atoms with Gasteiger partial charge in [0.2, 0.25) is 0 Å². The number of nitrogens with zero attached hydrogens (tertiary/aromatic N) is 1. The van der Waals surface area contributed by atoms with Gasteiger partial charge in [-0.25, -0.2) is 0 Å². The summed E-state index contributed by atoms with van der Waals surface area (Å²) in [7, 11) is 0. The van der Waals surface area contributed by atoms with E-state index in [0.717, 1.165) is 17.3 Å². The second-order valence-corrected chi connectivity index (χ2v) is 9.93. The molecule has 0 unspecified atom stereocenters. The van der Waals surface area contributed by atoms with E-state index >= 15 is 0 Å². The lowest BCUT2D eigenvalue weighted by Crippen LogP contribution is -2.32. The summed E-state index contributed by atoms with van der Waals surface area (Å²) in [5.74, 6) is 1.36. The maximum Gasteiger partial charge on any atom is 0.293 e. The van der Waals surface area contributed by atoms with E-state index in [1.165, 1.54) is 4.90 Å². The summed E-state index contributed by atoms with van der Waals surface area (Å²) in [4.78, 5) is 26.9. The first-order chi connectivity index (χ1) is 17.9. The van der Waals surface area contributed by atoms with Crippen LogP contribution in [0.1, 0.15) is 23.6 Å². The zero-order chi connectivity index (χ0) is 26.4. The minimum Gasteiger partial charge on any atom is -0.492 e. The van der Waals surface area contributed by atoms with Crippen molar-refractivity contribution in [2.24, 2.45) is 0 Å². The molecule has 9 heteroatoms. The van der Waals surface area contributed by atoms with Crippen molar-refractivity contribution in [2.45, 2.75) is 20.5 Å². The Balaban J connectivity index is 1.43. The maximum absolute atomic E-state index is 12.9. The third-order valence-corrected chi connectivity index (χ3v) is 7.06. The molecule has 2 amide bonds. The molecule has 0 bridgehead atoms. The van der Waals surface area contributed by atoms with Crippen LogP contribution in [0.4, 0.5) is 4.79 Å². The molecule has 6 nitrogen and oxygen atoms in total. The van der Waals surface area contributed by atoms with Crippen LogP contribution in [0.15, 0.2) is 65.6 Å². The van der Waals surface area contributed by atoms with Crippen LogP contribution >= 0.6 is 35.0 Å². The molecule has 0 aromatic heterocycles. The third-order valence-electron chi connectivity index (χ3n) is 5.45. The molecule has 1 aliphatic rings. The standard InChI is InChI=1S/C28H25Cl2NO5S/c1-3-34-25-15-19(10-11-24(25)36-17-21-22(29)8-5-9-23(21)30)16-26-27(32)31(28(33)37-26)12-13-35-20-7-4-6-18(2)14-20/h4-11,14-16H,3,12-13,17H2,1-2H3/b26-16-. The highest BCUT2D eigenvalue weighted by atomic mass is 35.5. The number of aryl methyl sites for hydroxylation is 1. The molecule has 192 valence electrons. The van der Waals surface area contributed by atoms with E-state index in [1.54, 1.807) is 42.5 Å². The van der Waals surface area contributed by atoms with Gasteiger partial charge in [0, 0.05) is 15.6 Å². The van der Waals surface area contributed by atoms with Crippen LogP contribution in [0.5, 0.6) is 17.2 Å². The molecule has 0 N–H and O–H groups in total. The lowest BCUT2D eigenvalue weighted by atomic mass is 10.1. The van der Waals surface area contributed by atoms with Crippen molar-refractivity contribution in [1.29, 1.82) is 0 Å². The van der Waals surface area contributed by atoms with Crippen LogP contribution in [0.3, 0.4) is 0 Å². The number of thioether (sulfide) groups is 1. The van der Waals surface area contributed by atoms with Crippen LogP contribution in [0.25, 0.3) is 6.08 Å². The SMILES string of the molecule is CCOc1cc(/C=C2\SC(=O)N(CCOc3cccc(C)c3)C2=O)ccc1OCc1c(Cl)cccc1Cl. The molecule has 1 aliphatic heterocycles. The molecule has 3 aromatic rings. The first-order valence-electron chi connectivity index (χ1n) is 11.6. The number of hydrogen-bond acceptors (Lipinski definition) is 6. The van der Waals surface area contributed by atoms with Crippen LogP contribution in [-0.2, 0) is 11.4 Å². The summed E-state index contributed by atoms with van der Waals surface area (Å²) in [5.41, 5.74) is 2.45. The molecule has 0 saturated carbocycles. The highest BCUT2D eigenvalue weighted by molar-refractivity contribution is 8.18. The highest BCUT2D eigenvalue weighted by Gasteiger charge is 2.34. The van der Waals surface area contributed by atoms with Gasteiger partial charge in [0.15, 0.2) is 11.5 Å². The van der Waals surface area contributed by atoms with Crippen LogP contribution in [0, 0.1) is 6.92 Å². The molecule has 4 rings (SSSR count). The molecule has 0 spiro atoms. The van der Waals surface area contributed by atoms with Gasteiger partial charge in [0.25, 0.3) is 11.1 Å². The second kappa shape index (κ2) is 12.4. The second-order valence-electron chi connectivity index (χ2n) is 8.13. The minimum atomic E-state index is -0.352. The Hall–Kier alpha value is -3.13. The first kappa shape index (κ1) is 26.9. The summed E-state index contributed by atoms with van der Waals surface area (Å²) in [6.07, 6.45) is 1.67. The van der Waals surface area contributed by atoms with E-state index in [-0.39, 0.29) is 30.9 Å². The summed E-state index contributed by atoms with van der Waals surface area (Å²) < 4.78 is 17.4. The van der Waals surface area contributed by atoms with Gasteiger partial charge in [-0.3, -0.25) is 14.5 Å². The van der Waals surface area contributed by atoms with E-state index in [4.69, 9.17) is 37.4 Å². The first-order valence-corrected chi connectivity index (χ1v) is 13.2. The number of hydrogen-bond donors (Lipinski definition) is 0. The van der Waals surface area contributed by atoms with Crippen molar-refractivity contribution >= 4 is 52.2 Å². The largest absolute Gasteiger partial charge is 0.492 e. The van der Waals surface area contributed by atoms with Gasteiger partial charge in [-0.15, -0.1) is 0 Å². The monoisotopic (exact) mass is 557 g/mol. The fourth-order valence-corrected chi connectivity index (χ4v) is 5.00. The molecular formula is C28H25Cl2NO5S. The lowest BCUT2D eigenvalue weighted by molar-refractivity contribution is -0.123. The molecule has 0 radical (unpaired) electrons. The van der Waals surface area contributed by atoms with Gasteiger partial charge in [-0.1, -0.05) is 47.5 Å². The average Bonchev–Trinajstić information content (AvgIpc) is 3.12. The van der Waals surface area contributed by atoms with Gasteiger partial charge in [0.1, 0.15) is 19.0 Å². The van der Waals surface area contributed by atoms with Crippen LogP contribution < -0.4 is 14.2 Å². The maximum atomic E-state index is 12.9. The molecule has 37 heavy (non-hydrogen) atoms. The quantitative estimate of drug-likeness (QED) is 0.242. The molecule has 1 saturated heterocycles. The van der Waals surface area contributed by atoms with Crippen LogP contribution in [0.2, 0.25) is 10.0 Å². The fraction of sp³-hybridized carbons (Fsp3) is 0.214. The summed E-state index contributed by atoms with van der Waals surface area (Å²) >= 11 is 13.4. The highest BCUT2D eigenvalue weighted by Crippen LogP contribution is 2.35. The number of rotatable bonds is 10. The number of imide groups is 1. The van der Waals surface area contributed by atoms with Crippen molar-refractivity contribution in [3.05, 3.63) is 92.3 Å². The third kappa shape index (κ3) is 6.80. The average molecular weight is 558 g/mol. The van der Waals surface area contributed by atoms with Crippen molar-refractivity contribution < 1.29 is 23.8 Å². The van der Waals surface area contributed by atoms with Gasteiger partial charge in [0.05, 0.1) is 18.1 Å². The van der Waals surface area contributed by atoms with Crippen molar-refractivity contribution in [1.82, 2.24) is 4.90 Å². The smallest absolute Gasteiger partial charge is 0.293 e. The number of carbonyl (C=O) groups excluding carboxylic acids is 2. The Morgan fingerprint density at radius 1 is 0.919 bits per heavy atom. The van der Waals surface area contributed by atoms with E-state index < -0.39 is 0 Å². The van der Waals surface area contributed by atoms with Crippen molar-refractivity contribution in [3.63, 3.8) is 0 Å². The summed E-state index contributed by atoms with van der Waals surface area (Å²) in [5, 5.41) is 0.704. The topological polar surface area (TPSA) is 65.1 Å². The van der Waals surface area contributed by atoms with Gasteiger partial charge < -0.3 is 14.2 Å². The van der Waals surface area contributed by atoms with Gasteiger partial charge in [-0.05, 0) is 79.2 Å². The number of halogens is 2. The number of benzene rings is 3. The zero-order valence-corrected chi connectivity index (χ0v) is 22.7. The number of amides is 2. The number of carbonyl (C=O) groups is 2. The molecular weight excluding hydrogens is 533 g/mol. The molecule has 3 aromatic carbocycles.